The van der Waals surface area contributed by atoms with Crippen molar-refractivity contribution >= 4 is 11.9 Å². The number of ether oxygens (including phenoxy) is 4. The van der Waals surface area contributed by atoms with E-state index in [1.165, 1.54) is 6.92 Å². The van der Waals surface area contributed by atoms with E-state index in [9.17, 15) is 9.59 Å². The van der Waals surface area contributed by atoms with Crippen LogP contribution in [0.25, 0.3) is 0 Å². The summed E-state index contributed by atoms with van der Waals surface area (Å²) in [5.74, 6) is -1.89. The van der Waals surface area contributed by atoms with Gasteiger partial charge in [-0.05, 0) is 25.7 Å². The second-order valence-electron chi connectivity index (χ2n) is 5.22. The minimum absolute atomic E-state index is 0.281. The zero-order chi connectivity index (χ0) is 15.7. The molecule has 0 bridgehead atoms. The van der Waals surface area contributed by atoms with Crippen molar-refractivity contribution < 1.29 is 28.5 Å². The number of carbonyl (C=O) groups is 2. The van der Waals surface area contributed by atoms with Crippen molar-refractivity contribution in [3.05, 3.63) is 0 Å². The first-order valence-corrected chi connectivity index (χ1v) is 7.56. The summed E-state index contributed by atoms with van der Waals surface area (Å²) in [5.41, 5.74) is 0. The van der Waals surface area contributed by atoms with Crippen LogP contribution in [0.1, 0.15) is 52.4 Å². The smallest absolute Gasteiger partial charge is 0.306 e. The lowest BCUT2D eigenvalue weighted by molar-refractivity contribution is -0.287. The number of rotatable bonds is 8. The molecule has 6 heteroatoms. The van der Waals surface area contributed by atoms with E-state index in [0.29, 0.717) is 25.9 Å². The highest BCUT2D eigenvalue weighted by atomic mass is 16.7. The molecule has 1 saturated carbocycles. The zero-order valence-corrected chi connectivity index (χ0v) is 13.2. The van der Waals surface area contributed by atoms with Crippen molar-refractivity contribution in [1.29, 1.82) is 0 Å². The first-order valence-electron chi connectivity index (χ1n) is 7.56. The molecular formula is C15H26O6. The Hall–Kier alpha value is -1.14. The van der Waals surface area contributed by atoms with Gasteiger partial charge in [-0.25, -0.2) is 0 Å². The highest BCUT2D eigenvalue weighted by molar-refractivity contribution is 5.70. The molecule has 2 unspecified atom stereocenters. The Balaban J connectivity index is 2.80. The quantitative estimate of drug-likeness (QED) is 0.389. The van der Waals surface area contributed by atoms with Gasteiger partial charge in [-0.2, -0.15) is 0 Å². The van der Waals surface area contributed by atoms with Crippen LogP contribution < -0.4 is 0 Å². The molecule has 1 aliphatic carbocycles. The van der Waals surface area contributed by atoms with E-state index in [4.69, 9.17) is 18.9 Å². The molecule has 2 atom stereocenters. The van der Waals surface area contributed by atoms with E-state index in [2.05, 4.69) is 0 Å². The molecule has 0 aromatic carbocycles. The molecular weight excluding hydrogens is 276 g/mol. The Labute approximate surface area is 126 Å². The molecule has 0 N–H and O–H groups in total. The van der Waals surface area contributed by atoms with Crippen LogP contribution >= 0.6 is 0 Å². The summed E-state index contributed by atoms with van der Waals surface area (Å²) in [6, 6.07) is 0. The van der Waals surface area contributed by atoms with Crippen molar-refractivity contribution in [3.8, 4) is 0 Å². The van der Waals surface area contributed by atoms with E-state index >= 15 is 0 Å². The van der Waals surface area contributed by atoms with Gasteiger partial charge in [0, 0.05) is 26.9 Å². The second-order valence-corrected chi connectivity index (χ2v) is 5.22. The molecule has 0 aromatic heterocycles. The maximum atomic E-state index is 11.8. The first-order chi connectivity index (χ1) is 10.0. The third-order valence-electron chi connectivity index (χ3n) is 3.41. The summed E-state index contributed by atoms with van der Waals surface area (Å²) in [4.78, 5) is 23.2. The van der Waals surface area contributed by atoms with Gasteiger partial charge in [0.2, 0.25) is 0 Å². The summed E-state index contributed by atoms with van der Waals surface area (Å²) in [6.45, 7) is 3.92. The Morgan fingerprint density at radius 2 is 2.00 bits per heavy atom. The molecule has 0 spiro atoms. The fourth-order valence-electron chi connectivity index (χ4n) is 2.50. The Morgan fingerprint density at radius 1 is 1.24 bits per heavy atom. The van der Waals surface area contributed by atoms with Crippen LogP contribution in [-0.2, 0) is 28.5 Å². The minimum Gasteiger partial charge on any atom is -0.455 e. The van der Waals surface area contributed by atoms with Crippen molar-refractivity contribution in [3.63, 3.8) is 0 Å². The highest BCUT2D eigenvalue weighted by Gasteiger charge is 2.47. The van der Waals surface area contributed by atoms with Crippen molar-refractivity contribution in [2.24, 2.45) is 0 Å². The Bertz CT molecular complexity index is 343. The summed E-state index contributed by atoms with van der Waals surface area (Å²) < 4.78 is 21.7. The monoisotopic (exact) mass is 302 g/mol. The van der Waals surface area contributed by atoms with Crippen LogP contribution in [-0.4, -0.2) is 44.2 Å². The van der Waals surface area contributed by atoms with Gasteiger partial charge >= 0.3 is 11.9 Å². The normalized spacial score (nSPS) is 25.4. The molecule has 1 aliphatic rings. The van der Waals surface area contributed by atoms with Gasteiger partial charge in [0.1, 0.15) is 0 Å². The number of methoxy groups -OCH3 is 1. The third kappa shape index (κ3) is 5.63. The molecule has 1 fully saturated rings. The summed E-state index contributed by atoms with van der Waals surface area (Å²) in [5, 5.41) is 0. The topological polar surface area (TPSA) is 71.1 Å². The van der Waals surface area contributed by atoms with Gasteiger partial charge in [-0.1, -0.05) is 6.92 Å². The molecule has 0 saturated heterocycles. The highest BCUT2D eigenvalue weighted by Crippen LogP contribution is 2.35. The summed E-state index contributed by atoms with van der Waals surface area (Å²) in [7, 11) is 1.57. The molecule has 1 rings (SSSR count). The van der Waals surface area contributed by atoms with Gasteiger partial charge < -0.3 is 18.9 Å². The van der Waals surface area contributed by atoms with Crippen LogP contribution in [0.5, 0.6) is 0 Å². The fourth-order valence-corrected chi connectivity index (χ4v) is 2.50. The third-order valence-corrected chi connectivity index (χ3v) is 3.41. The average Bonchev–Trinajstić information content (AvgIpc) is 2.41. The Morgan fingerprint density at radius 3 is 2.62 bits per heavy atom. The second kappa shape index (κ2) is 9.00. The van der Waals surface area contributed by atoms with Crippen molar-refractivity contribution in [2.75, 3.05) is 20.3 Å². The maximum Gasteiger partial charge on any atom is 0.306 e. The van der Waals surface area contributed by atoms with Gasteiger partial charge in [-0.15, -0.1) is 0 Å². The molecule has 21 heavy (non-hydrogen) atoms. The van der Waals surface area contributed by atoms with E-state index < -0.39 is 17.9 Å². The number of carbonyl (C=O) groups excluding carboxylic acids is 2. The van der Waals surface area contributed by atoms with E-state index in [0.717, 1.165) is 19.3 Å². The standard InChI is InChI=1S/C15H26O6/c1-4-7-14(17)20-13-8-5-6-9-15(13,21-12(2)16)19-11-10-18-3/h13H,4-11H2,1-3H3. The molecule has 0 aromatic rings. The lowest BCUT2D eigenvalue weighted by Crippen LogP contribution is -2.52. The van der Waals surface area contributed by atoms with Crippen LogP contribution in [0.4, 0.5) is 0 Å². The van der Waals surface area contributed by atoms with E-state index in [1.54, 1.807) is 7.11 Å². The Kier molecular flexibility index (Phi) is 7.67. The summed E-state index contributed by atoms with van der Waals surface area (Å²) in [6.07, 6.45) is 3.46. The predicted molar refractivity (Wildman–Crippen MR) is 75.6 cm³/mol. The van der Waals surface area contributed by atoms with Crippen molar-refractivity contribution in [2.45, 2.75) is 64.3 Å². The number of esters is 2. The van der Waals surface area contributed by atoms with Crippen LogP contribution in [0.15, 0.2) is 0 Å². The zero-order valence-electron chi connectivity index (χ0n) is 13.2. The molecule has 0 radical (unpaired) electrons. The minimum atomic E-state index is -1.17. The van der Waals surface area contributed by atoms with Gasteiger partial charge in [0.15, 0.2) is 6.10 Å². The van der Waals surface area contributed by atoms with Gasteiger partial charge in [0.25, 0.3) is 5.79 Å². The SMILES string of the molecule is CCCC(=O)OC1CCCCC1(OCCOC)OC(C)=O. The number of hydrogen-bond donors (Lipinski definition) is 0. The van der Waals surface area contributed by atoms with E-state index in [-0.39, 0.29) is 12.6 Å². The molecule has 122 valence electrons. The first kappa shape index (κ1) is 17.9. The molecule has 0 heterocycles. The number of hydrogen-bond acceptors (Lipinski definition) is 6. The predicted octanol–water partition coefficient (Wildman–Crippen LogP) is 2.19. The molecule has 0 amide bonds. The fraction of sp³-hybridized carbons (Fsp3) is 0.867. The van der Waals surface area contributed by atoms with Crippen LogP contribution in [0.3, 0.4) is 0 Å². The van der Waals surface area contributed by atoms with Crippen molar-refractivity contribution in [1.82, 2.24) is 0 Å². The van der Waals surface area contributed by atoms with E-state index in [1.807, 2.05) is 6.92 Å². The molecule has 6 nitrogen and oxygen atoms in total. The van der Waals surface area contributed by atoms with Crippen LogP contribution in [0, 0.1) is 0 Å². The molecule has 0 aliphatic heterocycles. The van der Waals surface area contributed by atoms with Crippen LogP contribution in [0.2, 0.25) is 0 Å². The van der Waals surface area contributed by atoms with Gasteiger partial charge in [0.05, 0.1) is 13.2 Å². The maximum absolute atomic E-state index is 11.8. The lowest BCUT2D eigenvalue weighted by atomic mass is 9.90. The van der Waals surface area contributed by atoms with Gasteiger partial charge in [-0.3, -0.25) is 9.59 Å². The average molecular weight is 302 g/mol. The lowest BCUT2D eigenvalue weighted by Gasteiger charge is -2.41. The summed E-state index contributed by atoms with van der Waals surface area (Å²) >= 11 is 0. The largest absolute Gasteiger partial charge is 0.455 e.